The first-order valence-electron chi connectivity index (χ1n) is 20.8. The van der Waals surface area contributed by atoms with Crippen molar-refractivity contribution < 1.29 is 4.42 Å². The van der Waals surface area contributed by atoms with E-state index in [-0.39, 0.29) is 6.71 Å². The molecule has 3 heterocycles. The Morgan fingerprint density at radius 2 is 0.667 bits per heavy atom. The van der Waals surface area contributed by atoms with Gasteiger partial charge < -0.3 is 14.2 Å². The van der Waals surface area contributed by atoms with Gasteiger partial charge in [-0.3, -0.25) is 0 Å². The van der Waals surface area contributed by atoms with Crippen LogP contribution >= 0.6 is 0 Å². The van der Waals surface area contributed by atoms with Crippen LogP contribution in [0.1, 0.15) is 0 Å². The lowest BCUT2D eigenvalue weighted by Gasteiger charge is -2.42. The summed E-state index contributed by atoms with van der Waals surface area (Å²) in [5, 5.41) is 16.2. The van der Waals surface area contributed by atoms with Gasteiger partial charge in [0.2, 0.25) is 0 Å². The van der Waals surface area contributed by atoms with Crippen molar-refractivity contribution in [2.45, 2.75) is 0 Å². The van der Waals surface area contributed by atoms with Gasteiger partial charge in [-0.15, -0.1) is 0 Å². The molecule has 0 aliphatic carbocycles. The molecule has 2 aliphatic heterocycles. The van der Waals surface area contributed by atoms with Crippen molar-refractivity contribution in [3.63, 3.8) is 0 Å². The molecule has 0 unspecified atom stereocenters. The third-order valence-electron chi connectivity index (χ3n) is 13.4. The zero-order chi connectivity index (χ0) is 39.1. The number of para-hydroxylation sites is 2. The van der Waals surface area contributed by atoms with Crippen LogP contribution in [0.15, 0.2) is 205 Å². The van der Waals surface area contributed by atoms with E-state index in [1.807, 2.05) is 0 Å². The zero-order valence-electron chi connectivity index (χ0n) is 32.4. The lowest BCUT2D eigenvalue weighted by molar-refractivity contribution is 0.651. The monoisotopic (exact) mass is 760 g/mol. The summed E-state index contributed by atoms with van der Waals surface area (Å²) >= 11 is 0. The van der Waals surface area contributed by atoms with Gasteiger partial charge in [0.05, 0.1) is 22.7 Å². The molecule has 4 heteroatoms. The number of hydrogen-bond donors (Lipinski definition) is 0. The fourth-order valence-corrected chi connectivity index (χ4v) is 11.1. The molecular formula is C56H33BN2O. The Balaban J connectivity index is 1.13. The standard InChI is InChI=1S/C56H33BN2O/c1-3-18-38-34(16-1)36-20-5-7-22-40(36)52-42(38)25-13-29-47(52)58-46-28-11-10-27-45(46)57-54-49(58)31-15-32-50(54)59(55-44-24-9-12-33-51(44)60-56(55)57)48-30-14-26-43-39-19-4-2-17-35(39)37-21-6-8-23-41(37)53(43)48/h1-33H. The van der Waals surface area contributed by atoms with Gasteiger partial charge in [0.1, 0.15) is 5.58 Å². The molecule has 0 fully saturated rings. The fourth-order valence-electron chi connectivity index (χ4n) is 11.1. The maximum Gasteiger partial charge on any atom is 0.297 e. The van der Waals surface area contributed by atoms with Gasteiger partial charge in [-0.1, -0.05) is 158 Å². The molecule has 1 aromatic heterocycles. The van der Waals surface area contributed by atoms with E-state index in [0.717, 1.165) is 39.4 Å². The van der Waals surface area contributed by atoms with Gasteiger partial charge in [0, 0.05) is 33.2 Å². The number of anilines is 6. The van der Waals surface area contributed by atoms with Crippen LogP contribution in [0.25, 0.3) is 75.6 Å². The summed E-state index contributed by atoms with van der Waals surface area (Å²) in [6.45, 7) is -0.123. The minimum absolute atomic E-state index is 0.123. The van der Waals surface area contributed by atoms with Gasteiger partial charge >= 0.3 is 0 Å². The second-order valence-corrected chi connectivity index (χ2v) is 16.3. The molecule has 60 heavy (non-hydrogen) atoms. The molecule has 14 rings (SSSR count). The van der Waals surface area contributed by atoms with Crippen molar-refractivity contribution in [2.24, 2.45) is 0 Å². The van der Waals surface area contributed by atoms with Gasteiger partial charge in [-0.05, 0) is 107 Å². The van der Waals surface area contributed by atoms with Crippen molar-refractivity contribution in [1.82, 2.24) is 0 Å². The molecule has 12 aromatic rings. The van der Waals surface area contributed by atoms with Gasteiger partial charge in [-0.2, -0.15) is 0 Å². The Hall–Kier alpha value is -7.82. The summed E-state index contributed by atoms with van der Waals surface area (Å²) in [6, 6.07) is 73.6. The van der Waals surface area contributed by atoms with Gasteiger partial charge in [0.25, 0.3) is 6.71 Å². The highest BCUT2D eigenvalue weighted by atomic mass is 16.3. The topological polar surface area (TPSA) is 19.6 Å². The first-order chi connectivity index (χ1) is 29.8. The number of nitrogens with zero attached hydrogens (tertiary/aromatic N) is 2. The second-order valence-electron chi connectivity index (χ2n) is 16.3. The van der Waals surface area contributed by atoms with E-state index in [4.69, 9.17) is 4.42 Å². The zero-order valence-corrected chi connectivity index (χ0v) is 32.4. The molecule has 0 N–H and O–H groups in total. The van der Waals surface area contributed by atoms with E-state index in [1.54, 1.807) is 0 Å². The maximum absolute atomic E-state index is 7.17. The van der Waals surface area contributed by atoms with E-state index in [1.165, 1.54) is 86.9 Å². The largest absolute Gasteiger partial charge is 0.468 e. The maximum atomic E-state index is 7.17. The quantitative estimate of drug-likeness (QED) is 0.129. The molecule has 276 valence electrons. The molecular weight excluding hydrogens is 727 g/mol. The van der Waals surface area contributed by atoms with E-state index in [0.29, 0.717) is 0 Å². The van der Waals surface area contributed by atoms with Crippen LogP contribution in [-0.2, 0) is 0 Å². The lowest BCUT2D eigenvalue weighted by atomic mass is 9.35. The van der Waals surface area contributed by atoms with Crippen molar-refractivity contribution in [3.05, 3.63) is 200 Å². The molecule has 11 aromatic carbocycles. The van der Waals surface area contributed by atoms with E-state index >= 15 is 0 Å². The fraction of sp³-hybridized carbons (Fsp3) is 0. The van der Waals surface area contributed by atoms with Crippen molar-refractivity contribution >= 4 is 133 Å². The van der Waals surface area contributed by atoms with Crippen LogP contribution in [0.5, 0.6) is 0 Å². The molecule has 0 atom stereocenters. The van der Waals surface area contributed by atoms with Crippen LogP contribution in [0.3, 0.4) is 0 Å². The molecule has 0 saturated carbocycles. The number of hydrogen-bond acceptors (Lipinski definition) is 3. The summed E-state index contributed by atoms with van der Waals surface area (Å²) in [5.74, 6) is 0. The summed E-state index contributed by atoms with van der Waals surface area (Å²) < 4.78 is 7.17. The number of rotatable bonds is 2. The number of fused-ring (bicyclic) bond motifs is 18. The van der Waals surface area contributed by atoms with Crippen LogP contribution in [0.2, 0.25) is 0 Å². The first-order valence-corrected chi connectivity index (χ1v) is 20.8. The highest BCUT2D eigenvalue weighted by Gasteiger charge is 2.46. The Kier molecular flexibility index (Phi) is 6.37. The molecule has 3 nitrogen and oxygen atoms in total. The Labute approximate surface area is 346 Å². The third-order valence-corrected chi connectivity index (χ3v) is 13.4. The van der Waals surface area contributed by atoms with Crippen molar-refractivity contribution in [3.8, 4) is 0 Å². The lowest BCUT2D eigenvalue weighted by Crippen LogP contribution is -2.60. The average molecular weight is 761 g/mol. The van der Waals surface area contributed by atoms with Gasteiger partial charge in [0.15, 0.2) is 0 Å². The first kappa shape index (κ1) is 32.2. The highest BCUT2D eigenvalue weighted by Crippen LogP contribution is 2.51. The highest BCUT2D eigenvalue weighted by molar-refractivity contribution is 7.00. The van der Waals surface area contributed by atoms with Gasteiger partial charge in [-0.25, -0.2) is 0 Å². The van der Waals surface area contributed by atoms with Crippen LogP contribution < -0.4 is 26.4 Å². The van der Waals surface area contributed by atoms with Crippen LogP contribution in [0.4, 0.5) is 34.1 Å². The van der Waals surface area contributed by atoms with Crippen molar-refractivity contribution in [1.29, 1.82) is 0 Å². The Morgan fingerprint density at radius 3 is 1.23 bits per heavy atom. The normalized spacial score (nSPS) is 13.2. The third kappa shape index (κ3) is 4.09. The van der Waals surface area contributed by atoms with E-state index < -0.39 is 0 Å². The molecule has 0 bridgehead atoms. The molecule has 0 spiro atoms. The van der Waals surface area contributed by atoms with Crippen LogP contribution in [-0.4, -0.2) is 6.71 Å². The summed E-state index contributed by atoms with van der Waals surface area (Å²) in [6.07, 6.45) is 0. The molecule has 0 radical (unpaired) electrons. The summed E-state index contributed by atoms with van der Waals surface area (Å²) in [5.41, 5.74) is 11.2. The Morgan fingerprint density at radius 1 is 0.300 bits per heavy atom. The molecule has 0 saturated heterocycles. The Bertz CT molecular complexity index is 3740. The second kappa shape index (κ2) is 11.9. The SMILES string of the molecule is c1ccc2c(c1)B1c3oc4ccccc4c3N(c3cccc4c5ccccc5c5ccccc5c34)c3cccc(c31)N2c1cccc2c3ccccc3c3ccccc3c12. The predicted molar refractivity (Wildman–Crippen MR) is 255 cm³/mol. The minimum Gasteiger partial charge on any atom is -0.468 e. The smallest absolute Gasteiger partial charge is 0.297 e. The molecule has 0 amide bonds. The molecule has 2 aliphatic rings. The van der Waals surface area contributed by atoms with E-state index in [9.17, 15) is 0 Å². The summed E-state index contributed by atoms with van der Waals surface area (Å²) in [7, 11) is 0. The van der Waals surface area contributed by atoms with E-state index in [2.05, 4.69) is 210 Å². The summed E-state index contributed by atoms with van der Waals surface area (Å²) in [4.78, 5) is 5.06. The average Bonchev–Trinajstić information content (AvgIpc) is 3.70. The van der Waals surface area contributed by atoms with Crippen LogP contribution in [0, 0.1) is 0 Å². The minimum atomic E-state index is -0.123. The predicted octanol–water partition coefficient (Wildman–Crippen LogP) is 13.4. The number of benzene rings is 11. The number of furan rings is 1. The van der Waals surface area contributed by atoms with Crippen molar-refractivity contribution in [2.75, 3.05) is 9.80 Å².